The van der Waals surface area contributed by atoms with Crippen LogP contribution in [0.5, 0.6) is 0 Å². The Hall–Kier alpha value is -0.830. The van der Waals surface area contributed by atoms with Crippen molar-refractivity contribution in [1.82, 2.24) is 0 Å². The molecule has 0 aliphatic heterocycles. The summed E-state index contributed by atoms with van der Waals surface area (Å²) in [7, 11) is 0. The Labute approximate surface area is 290 Å². The van der Waals surface area contributed by atoms with Crippen LogP contribution in [0.25, 0.3) is 10.8 Å². The number of carbonyl (C=O) groups is 2. The second-order valence-corrected chi connectivity index (χ2v) is 11.2. The zero-order valence-electron chi connectivity index (χ0n) is 26.3. The Morgan fingerprint density at radius 1 is 0.800 bits per heavy atom. The fourth-order valence-electron chi connectivity index (χ4n) is 4.72. The Morgan fingerprint density at radius 3 is 2.08 bits per heavy atom. The second-order valence-electron chi connectivity index (χ2n) is 10.0. The third-order valence-corrected chi connectivity index (χ3v) is 8.31. The van der Waals surface area contributed by atoms with Gasteiger partial charge in [-0.15, -0.1) is 11.8 Å². The Kier molecular flexibility index (Phi) is 18.7. The molecule has 3 rings (SSSR count). The third-order valence-electron chi connectivity index (χ3n) is 6.94. The fourth-order valence-corrected chi connectivity index (χ4v) is 5.94. The second kappa shape index (κ2) is 20.1. The van der Waals surface area contributed by atoms with Crippen molar-refractivity contribution in [1.29, 1.82) is 0 Å². The number of hydrogen-bond donors (Lipinski definition) is 3. The molecule has 208 valence electrons. The molecule has 0 saturated heterocycles. The van der Waals surface area contributed by atoms with Gasteiger partial charge < -0.3 is 18.2 Å². The number of aromatic carboxylic acids is 1. The van der Waals surface area contributed by atoms with Crippen molar-refractivity contribution in [3.05, 3.63) is 77.4 Å². The van der Waals surface area contributed by atoms with Gasteiger partial charge in [0, 0.05) is 11.3 Å². The van der Waals surface area contributed by atoms with E-state index in [-0.39, 0.29) is 79.2 Å². The molecular formula is C32H42Na2O5S. The van der Waals surface area contributed by atoms with Crippen LogP contribution in [0.2, 0.25) is 0 Å². The van der Waals surface area contributed by atoms with Gasteiger partial charge in [0.1, 0.15) is 0 Å². The average Bonchev–Trinajstić information content (AvgIpc) is 2.91. The molecule has 2 atom stereocenters. The number of unbranched alkanes of at least 4 members (excludes halogenated alkanes) is 6. The predicted octanol–water partition coefficient (Wildman–Crippen LogP) is 2.51. The van der Waals surface area contributed by atoms with Crippen molar-refractivity contribution in [2.75, 3.05) is 0 Å². The van der Waals surface area contributed by atoms with E-state index in [2.05, 4.69) is 31.2 Å². The standard InChI is InChI=1S/C32H40O5S.2Na.2H/c1-2-3-4-5-6-7-8-10-23-13-15-24(16-14-23)31(29(33)11-9-12-30(34)35)38-28-20-19-25-21-27(32(36)37)18-17-26(25)22-28;;;;/h13-22,29,31,33H,2-12H2,1H3,(H,34,35)(H,36,37);;;;/q;2*+1;2*-1. The van der Waals surface area contributed by atoms with Gasteiger partial charge in [-0.2, -0.15) is 0 Å². The minimum atomic E-state index is -0.953. The first-order valence-electron chi connectivity index (χ1n) is 13.8. The topological polar surface area (TPSA) is 94.8 Å². The van der Waals surface area contributed by atoms with Gasteiger partial charge in [0.05, 0.1) is 16.9 Å². The summed E-state index contributed by atoms with van der Waals surface area (Å²) in [5.41, 5.74) is 2.56. The van der Waals surface area contributed by atoms with Crippen LogP contribution in [0.4, 0.5) is 0 Å². The van der Waals surface area contributed by atoms with Crippen LogP contribution in [-0.4, -0.2) is 33.4 Å². The van der Waals surface area contributed by atoms with Crippen molar-refractivity contribution in [2.24, 2.45) is 0 Å². The molecule has 3 N–H and O–H groups in total. The van der Waals surface area contributed by atoms with Crippen LogP contribution < -0.4 is 59.1 Å². The first kappa shape index (κ1) is 37.2. The molecule has 40 heavy (non-hydrogen) atoms. The molecule has 0 aliphatic carbocycles. The molecule has 0 bridgehead atoms. The van der Waals surface area contributed by atoms with Gasteiger partial charge in [0.15, 0.2) is 0 Å². The van der Waals surface area contributed by atoms with E-state index in [1.807, 2.05) is 18.2 Å². The van der Waals surface area contributed by atoms with E-state index in [1.165, 1.54) is 50.5 Å². The summed E-state index contributed by atoms with van der Waals surface area (Å²) >= 11 is 1.56. The first-order chi connectivity index (χ1) is 18.4. The van der Waals surface area contributed by atoms with Crippen molar-refractivity contribution in [3.8, 4) is 0 Å². The van der Waals surface area contributed by atoms with Gasteiger partial charge in [-0.3, -0.25) is 4.79 Å². The quantitative estimate of drug-likeness (QED) is 0.128. The molecule has 3 aromatic carbocycles. The Bertz CT molecular complexity index is 1200. The summed E-state index contributed by atoms with van der Waals surface area (Å²) in [6, 6.07) is 19.4. The van der Waals surface area contributed by atoms with E-state index < -0.39 is 18.0 Å². The summed E-state index contributed by atoms with van der Waals surface area (Å²) in [6.45, 7) is 2.24. The third kappa shape index (κ3) is 12.6. The number of hydrogen-bond acceptors (Lipinski definition) is 4. The van der Waals surface area contributed by atoms with Gasteiger partial charge >= 0.3 is 71.1 Å². The van der Waals surface area contributed by atoms with Crippen LogP contribution in [-0.2, 0) is 11.2 Å². The van der Waals surface area contributed by atoms with Crippen molar-refractivity contribution >= 4 is 34.5 Å². The summed E-state index contributed by atoms with van der Waals surface area (Å²) in [4.78, 5) is 23.3. The van der Waals surface area contributed by atoms with Crippen LogP contribution >= 0.6 is 11.8 Å². The number of aliphatic hydroxyl groups excluding tert-OH is 1. The van der Waals surface area contributed by atoms with Gasteiger partial charge in [-0.1, -0.05) is 81.8 Å². The van der Waals surface area contributed by atoms with Gasteiger partial charge in [0.25, 0.3) is 0 Å². The smallest absolute Gasteiger partial charge is 1.00 e. The van der Waals surface area contributed by atoms with Crippen LogP contribution in [0, 0.1) is 0 Å². The maximum atomic E-state index is 11.3. The van der Waals surface area contributed by atoms with E-state index in [4.69, 9.17) is 5.11 Å². The minimum absolute atomic E-state index is 0. The molecule has 0 aromatic heterocycles. The van der Waals surface area contributed by atoms with Crippen molar-refractivity contribution in [2.45, 2.75) is 93.8 Å². The number of benzene rings is 3. The van der Waals surface area contributed by atoms with Crippen molar-refractivity contribution in [3.63, 3.8) is 0 Å². The molecule has 2 unspecified atom stereocenters. The van der Waals surface area contributed by atoms with Crippen molar-refractivity contribution < 1.29 is 86.9 Å². The Balaban J connectivity index is 0. The number of aliphatic hydroxyl groups is 1. The number of fused-ring (bicyclic) bond motifs is 1. The number of carboxylic acid groups (broad SMARTS) is 2. The summed E-state index contributed by atoms with van der Waals surface area (Å²) < 4.78 is 0. The minimum Gasteiger partial charge on any atom is -1.00 e. The molecule has 0 heterocycles. The van der Waals surface area contributed by atoms with Crippen LogP contribution in [0.15, 0.2) is 65.6 Å². The number of carboxylic acids is 2. The summed E-state index contributed by atoms with van der Waals surface area (Å²) in [5.74, 6) is -1.81. The maximum Gasteiger partial charge on any atom is 1.00 e. The number of thioether (sulfide) groups is 1. The fraction of sp³-hybridized carbons (Fsp3) is 0.438. The summed E-state index contributed by atoms with van der Waals surface area (Å²) in [6.07, 6.45) is 10.2. The number of rotatable bonds is 17. The molecule has 5 nitrogen and oxygen atoms in total. The Morgan fingerprint density at radius 2 is 1.43 bits per heavy atom. The first-order valence-corrected chi connectivity index (χ1v) is 14.7. The van der Waals surface area contributed by atoms with E-state index in [0.29, 0.717) is 12.8 Å². The van der Waals surface area contributed by atoms with Gasteiger partial charge in [-0.25, -0.2) is 4.79 Å². The summed E-state index contributed by atoms with van der Waals surface area (Å²) in [5, 5.41) is 30.9. The van der Waals surface area contributed by atoms with E-state index in [0.717, 1.165) is 27.7 Å². The molecule has 3 aromatic rings. The van der Waals surface area contributed by atoms with E-state index >= 15 is 0 Å². The van der Waals surface area contributed by atoms with Crippen LogP contribution in [0.3, 0.4) is 0 Å². The maximum absolute atomic E-state index is 11.3. The molecule has 0 aliphatic rings. The normalized spacial score (nSPS) is 12.2. The van der Waals surface area contributed by atoms with E-state index in [1.54, 1.807) is 30.0 Å². The molecule has 0 spiro atoms. The van der Waals surface area contributed by atoms with Gasteiger partial charge in [0.2, 0.25) is 0 Å². The predicted molar refractivity (Wildman–Crippen MR) is 157 cm³/mol. The number of aryl methyl sites for hydroxylation is 1. The largest absolute Gasteiger partial charge is 1.00 e. The van der Waals surface area contributed by atoms with E-state index in [9.17, 15) is 19.8 Å². The molecule has 0 saturated carbocycles. The molecule has 0 amide bonds. The SMILES string of the molecule is CCCCCCCCCc1ccc(C(Sc2ccc3cc(C(=O)O)ccc3c2)C(O)CCCC(=O)O)cc1.[H-].[H-].[Na+].[Na+]. The molecule has 8 heteroatoms. The molecular weight excluding hydrogens is 542 g/mol. The molecule has 0 fully saturated rings. The van der Waals surface area contributed by atoms with Crippen LogP contribution in [0.1, 0.15) is 101 Å². The molecule has 0 radical (unpaired) electrons. The van der Waals surface area contributed by atoms with Gasteiger partial charge in [-0.05, 0) is 71.8 Å². The zero-order chi connectivity index (χ0) is 27.3. The average molecular weight is 585 g/mol. The monoisotopic (exact) mass is 584 g/mol. The number of aliphatic carboxylic acids is 1. The zero-order valence-corrected chi connectivity index (χ0v) is 29.1.